The molecule has 0 radical (unpaired) electrons. The van der Waals surface area contributed by atoms with E-state index in [1.165, 1.54) is 36.8 Å². The van der Waals surface area contributed by atoms with Crippen molar-refractivity contribution in [3.05, 3.63) is 89.5 Å². The van der Waals surface area contributed by atoms with Crippen molar-refractivity contribution in [2.75, 3.05) is 64.5 Å². The van der Waals surface area contributed by atoms with Crippen molar-refractivity contribution in [1.82, 2.24) is 16.0 Å². The van der Waals surface area contributed by atoms with Gasteiger partial charge in [-0.1, -0.05) is 135 Å². The number of halogens is 1. The molecular formula is C77H139BrK3N5O20. The number of phenols is 1. The number of alkyl carbamates (subject to hydrolysis) is 3. The second kappa shape index (κ2) is 79.9. The minimum absolute atomic E-state index is 0. The number of nitrogens with two attached hydrogens (primary N) is 2. The number of unbranched alkanes of at least 4 members (excludes halogenated alkanes) is 15. The molecule has 0 aliphatic heterocycles. The number of rotatable bonds is 33. The molecule has 0 spiro atoms. The van der Waals surface area contributed by atoms with Gasteiger partial charge in [0, 0.05) is 38.2 Å². The zero-order valence-electron chi connectivity index (χ0n) is 70.1. The molecule has 0 atom stereocenters. The van der Waals surface area contributed by atoms with E-state index in [1.54, 1.807) is 47.6 Å². The number of aliphatic hydroxyl groups is 2. The second-order valence-corrected chi connectivity index (χ2v) is 29.1. The predicted molar refractivity (Wildman–Crippen MR) is 411 cm³/mol. The van der Waals surface area contributed by atoms with Crippen LogP contribution < -0.4 is 196 Å². The number of phenolic OH excluding ortho intramolecular Hbond substituents is 1. The summed E-state index contributed by atoms with van der Waals surface area (Å²) < 4.78 is 40.6. The number of alkyl halides is 1. The molecule has 0 saturated carbocycles. The number of aryl methyl sites for hydroxylation is 3. The first-order chi connectivity index (χ1) is 47.8. The molecule has 106 heavy (non-hydrogen) atoms. The Bertz CT molecular complexity index is 2450. The van der Waals surface area contributed by atoms with Crippen molar-refractivity contribution in [3.63, 3.8) is 0 Å². The minimum Gasteiger partial charge on any atom is -1.00 e. The van der Waals surface area contributed by atoms with Gasteiger partial charge in [0.15, 0.2) is 0 Å². The summed E-state index contributed by atoms with van der Waals surface area (Å²) in [4.78, 5) is 67.1. The smallest absolute Gasteiger partial charge is 1.00 e. The van der Waals surface area contributed by atoms with E-state index in [2.05, 4.69) is 67.5 Å². The quantitative estimate of drug-likeness (QED) is 0.00340. The second-order valence-electron chi connectivity index (χ2n) is 28.3. The first-order valence-corrected chi connectivity index (χ1v) is 36.9. The van der Waals surface area contributed by atoms with Crippen LogP contribution in [0.2, 0.25) is 0 Å². The van der Waals surface area contributed by atoms with Crippen molar-refractivity contribution in [2.24, 2.45) is 11.5 Å². The summed E-state index contributed by atoms with van der Waals surface area (Å²) in [6, 6.07) is 23.4. The van der Waals surface area contributed by atoms with Crippen molar-refractivity contribution in [2.45, 2.75) is 281 Å². The standard InChI is InChI=1S/C18H29NO3.C13H21NO.C11H22BrNO2.C11H23NO3.C10H18O5.C7H8O.C6H15NO.CH2O3.3K.H2O.H/c1-15-11-7-8-12-16(15)21-14-10-6-5-9-13-19-17(20)22-18(2,3)4;1-12-8-4-5-9-13(12)15-11-7-3-2-6-10-14;1-11(2,3)15-10(14)13-9-7-5-4-6-8-12;1-11(2,3)15-10(14)12-8-6-4-5-7-9-13;1-9(2,3)14-7(11)13-8(12)15-10(4,5)6;1-6-4-2-3-5-7(6)8;7-5-3-1-2-4-6-8;2-1-4-3;;;;;/h7-8,11-12H,5-6,9-10,13-14H2,1-4H3,(H,19,20);4-5,8-9H,2-3,6-7,10-11,14H2,1H3;4-9H2,1-3H3,(H,13,14);13H,4-9H2,1-3H3,(H,12,14);1-6H3;2-5,8H,1H3;8H,1-7H2;1,3H;;;;1H2;/q;;;;;;;;3*+1;;-1/p-2. The van der Waals surface area contributed by atoms with Gasteiger partial charge in [-0.05, 0) is 237 Å². The SMILES string of the molecule is CC(C)(C)OC(=O)NCCCCCCBr.CC(C)(C)OC(=O)NCCCCCCO.CC(C)(C)OC(=O)OC(=O)OC(C)(C)C.Cc1ccccc1O.Cc1ccccc1OCCCCCCN.Cc1ccccc1OCCCCCCNC(=O)OC(C)(C)C.NCCCCCCO.O=CO[O-].[H-].[K+].[K+].[K+].[OH-]. The van der Waals surface area contributed by atoms with Gasteiger partial charge in [-0.25, -0.2) is 24.0 Å². The van der Waals surface area contributed by atoms with Crippen LogP contribution in [0.1, 0.15) is 250 Å². The molecule has 0 fully saturated rings. The molecule has 0 heterocycles. The molecule has 602 valence electrons. The number of aromatic hydroxyl groups is 1. The molecule has 11 N–H and O–H groups in total. The number of nitrogens with one attached hydrogen (secondary N) is 3. The molecule has 0 saturated heterocycles. The van der Waals surface area contributed by atoms with Crippen molar-refractivity contribution < 1.29 is 253 Å². The maximum atomic E-state index is 11.4. The van der Waals surface area contributed by atoms with Gasteiger partial charge >= 0.3 is 185 Å². The number of aliphatic hydroxyl groups excluding tert-OH is 2. The van der Waals surface area contributed by atoms with Crippen LogP contribution in [0.15, 0.2) is 72.8 Å². The van der Waals surface area contributed by atoms with Crippen LogP contribution in [-0.2, 0) is 38.1 Å². The average Bonchev–Trinajstić information content (AvgIpc) is 0.926. The van der Waals surface area contributed by atoms with Gasteiger partial charge < -0.3 is 97.7 Å². The largest absolute Gasteiger partial charge is 1.00 e. The summed E-state index contributed by atoms with van der Waals surface area (Å²) >= 11 is 3.39. The number of carbonyl (C=O) groups excluding carboxylic acids is 6. The summed E-state index contributed by atoms with van der Waals surface area (Å²) in [5.41, 5.74) is 11.3. The third kappa shape index (κ3) is 102. The van der Waals surface area contributed by atoms with E-state index in [4.69, 9.17) is 70.0 Å². The molecule has 0 aliphatic rings. The molecule has 0 bridgehead atoms. The first kappa shape index (κ1) is 122. The molecule has 0 aromatic heterocycles. The Labute approximate surface area is 775 Å². The first-order valence-electron chi connectivity index (χ1n) is 35.8. The van der Waals surface area contributed by atoms with Gasteiger partial charge in [-0.2, -0.15) is 0 Å². The Morgan fingerprint density at radius 1 is 0.434 bits per heavy atom. The van der Waals surface area contributed by atoms with Gasteiger partial charge in [0.2, 0.25) is 0 Å². The number of amides is 3. The van der Waals surface area contributed by atoms with Crippen molar-refractivity contribution >= 4 is 53.0 Å². The Balaban J connectivity index is -0.000000128. The van der Waals surface area contributed by atoms with E-state index in [0.29, 0.717) is 32.0 Å². The fraction of sp³-hybridized carbons (Fsp3) is 0.688. The topological polar surface area (TPSA) is 387 Å². The summed E-state index contributed by atoms with van der Waals surface area (Å²) in [5.74, 6) is 2.35. The van der Waals surface area contributed by atoms with Gasteiger partial charge in [0.1, 0.15) is 45.3 Å². The zero-order chi connectivity index (χ0) is 78.7. The Hall–Kier alpha value is -1.77. The Kier molecular flexibility index (Phi) is 92.3. The molecule has 25 nitrogen and oxygen atoms in total. The molecule has 3 aromatic rings. The van der Waals surface area contributed by atoms with Crippen LogP contribution in [-0.4, -0.2) is 150 Å². The predicted octanol–water partition coefficient (Wildman–Crippen LogP) is 7.34. The van der Waals surface area contributed by atoms with E-state index >= 15 is 0 Å². The number of hydrogen-bond acceptors (Lipinski definition) is 22. The molecule has 3 rings (SSSR count). The number of benzene rings is 3. The van der Waals surface area contributed by atoms with Crippen LogP contribution in [0.5, 0.6) is 17.2 Å². The number of ether oxygens (including phenoxy) is 8. The van der Waals surface area contributed by atoms with E-state index in [9.17, 15) is 24.0 Å². The van der Waals surface area contributed by atoms with Gasteiger partial charge in [-0.3, -0.25) is 4.79 Å². The van der Waals surface area contributed by atoms with Gasteiger partial charge in [-0.15, -0.1) is 0 Å². The van der Waals surface area contributed by atoms with Crippen molar-refractivity contribution in [3.8, 4) is 17.2 Å². The maximum absolute atomic E-state index is 11.4. The molecular weight excluding hydrogens is 1510 g/mol. The zero-order valence-corrected chi connectivity index (χ0v) is 80.0. The normalized spacial score (nSPS) is 10.2. The summed E-state index contributed by atoms with van der Waals surface area (Å²) in [5, 5.41) is 43.5. The summed E-state index contributed by atoms with van der Waals surface area (Å²) in [7, 11) is 0. The molecule has 3 aromatic carbocycles. The molecule has 0 aliphatic carbocycles. The fourth-order valence-electron chi connectivity index (χ4n) is 7.44. The average molecular weight is 1650 g/mol. The third-order valence-electron chi connectivity index (χ3n) is 12.2. The van der Waals surface area contributed by atoms with Gasteiger partial charge in [0.25, 0.3) is 6.47 Å². The fourth-order valence-corrected chi connectivity index (χ4v) is 7.84. The van der Waals surface area contributed by atoms with Crippen LogP contribution in [0.3, 0.4) is 0 Å². The van der Waals surface area contributed by atoms with Crippen LogP contribution in [0.25, 0.3) is 0 Å². The Morgan fingerprint density at radius 3 is 0.943 bits per heavy atom. The Morgan fingerprint density at radius 2 is 0.698 bits per heavy atom. The van der Waals surface area contributed by atoms with E-state index < -0.39 is 40.3 Å². The molecule has 3 amide bonds. The minimum atomic E-state index is -1.06. The monoisotopic (exact) mass is 1650 g/mol. The van der Waals surface area contributed by atoms with Crippen LogP contribution >= 0.6 is 15.9 Å². The number of hydrogen-bond donors (Lipinski definition) is 8. The third-order valence-corrected chi connectivity index (χ3v) is 12.8. The van der Waals surface area contributed by atoms with E-state index in [-0.39, 0.29) is 192 Å². The summed E-state index contributed by atoms with van der Waals surface area (Å²) in [6.07, 6.45) is 18.4. The number of carbonyl (C=O) groups is 6. The summed E-state index contributed by atoms with van der Waals surface area (Å²) in [6.45, 7) is 38.3. The van der Waals surface area contributed by atoms with Crippen molar-refractivity contribution in [1.29, 1.82) is 0 Å². The van der Waals surface area contributed by atoms with Gasteiger partial charge in [0.05, 0.1) is 13.2 Å². The van der Waals surface area contributed by atoms with E-state index in [0.717, 1.165) is 151 Å². The van der Waals surface area contributed by atoms with E-state index in [1.807, 2.05) is 124 Å². The van der Waals surface area contributed by atoms with Crippen LogP contribution in [0.4, 0.5) is 24.0 Å². The number of para-hydroxylation sites is 3. The molecule has 29 heteroatoms. The maximum Gasteiger partial charge on any atom is 1.00 e. The van der Waals surface area contributed by atoms with Crippen LogP contribution in [0, 0.1) is 20.8 Å². The molecule has 0 unspecified atom stereocenters.